The molecule has 0 bridgehead atoms. The minimum absolute atomic E-state index is 0.763. The summed E-state index contributed by atoms with van der Waals surface area (Å²) >= 11 is 0. The lowest BCUT2D eigenvalue weighted by Crippen LogP contribution is -1.95. The number of nitrogens with zero attached hydrogens (tertiary/aromatic N) is 3. The highest BCUT2D eigenvalue weighted by Gasteiger charge is 2.04. The maximum Gasteiger partial charge on any atom is 0.0997 e. The summed E-state index contributed by atoms with van der Waals surface area (Å²) in [6.07, 6.45) is 5.38. The van der Waals surface area contributed by atoms with Gasteiger partial charge in [-0.1, -0.05) is 0 Å². The van der Waals surface area contributed by atoms with Gasteiger partial charge in [-0.2, -0.15) is 5.26 Å². The lowest BCUT2D eigenvalue weighted by Gasteiger charge is -2.07. The van der Waals surface area contributed by atoms with E-state index in [1.165, 1.54) is 0 Å². The number of aromatic nitrogens is 2. The Morgan fingerprint density at radius 2 is 1.93 bits per heavy atom. The number of rotatable bonds is 1. The van der Waals surface area contributed by atoms with Crippen LogP contribution < -0.4 is 0 Å². The first-order chi connectivity index (χ1) is 7.22. The highest BCUT2D eigenvalue weighted by Crippen LogP contribution is 2.18. The van der Waals surface area contributed by atoms with Gasteiger partial charge in [0.1, 0.15) is 0 Å². The summed E-state index contributed by atoms with van der Waals surface area (Å²) in [7, 11) is 0. The van der Waals surface area contributed by atoms with E-state index in [0.717, 1.165) is 22.4 Å². The molecule has 0 atom stereocenters. The van der Waals surface area contributed by atoms with Gasteiger partial charge < -0.3 is 4.57 Å². The third-order valence-electron chi connectivity index (χ3n) is 2.43. The van der Waals surface area contributed by atoms with Crippen LogP contribution in [0.4, 0.5) is 0 Å². The Morgan fingerprint density at radius 1 is 1.27 bits per heavy atom. The number of aryl methyl sites for hydroxylation is 2. The fraction of sp³-hybridized carbons (Fsp3) is 0.167. The van der Waals surface area contributed by atoms with Crippen LogP contribution in [0, 0.1) is 25.2 Å². The molecule has 0 aliphatic carbocycles. The van der Waals surface area contributed by atoms with Gasteiger partial charge in [0.2, 0.25) is 0 Å². The molecule has 74 valence electrons. The SMILES string of the molecule is Cc1cc(-n2ccnc2)cc(C)c1C#N. The van der Waals surface area contributed by atoms with Gasteiger partial charge >= 0.3 is 0 Å². The Bertz CT molecular complexity index is 495. The molecule has 1 aromatic heterocycles. The van der Waals surface area contributed by atoms with Gasteiger partial charge in [0.15, 0.2) is 0 Å². The van der Waals surface area contributed by atoms with Crippen LogP contribution in [-0.2, 0) is 0 Å². The normalized spacial score (nSPS) is 9.93. The molecule has 3 nitrogen and oxygen atoms in total. The van der Waals surface area contributed by atoms with E-state index in [4.69, 9.17) is 5.26 Å². The van der Waals surface area contributed by atoms with Crippen LogP contribution >= 0.6 is 0 Å². The Morgan fingerprint density at radius 3 is 2.40 bits per heavy atom. The van der Waals surface area contributed by atoms with E-state index in [2.05, 4.69) is 11.1 Å². The first-order valence-corrected chi connectivity index (χ1v) is 4.72. The summed E-state index contributed by atoms with van der Waals surface area (Å²) in [4.78, 5) is 4.00. The van der Waals surface area contributed by atoms with E-state index >= 15 is 0 Å². The van der Waals surface area contributed by atoms with Gasteiger partial charge in [0, 0.05) is 18.1 Å². The maximum absolute atomic E-state index is 8.95. The second-order valence-corrected chi connectivity index (χ2v) is 3.54. The molecule has 0 saturated heterocycles. The maximum atomic E-state index is 8.95. The molecule has 0 aliphatic heterocycles. The summed E-state index contributed by atoms with van der Waals surface area (Å²) in [6.45, 7) is 3.90. The van der Waals surface area contributed by atoms with Gasteiger partial charge in [0.25, 0.3) is 0 Å². The highest BCUT2D eigenvalue weighted by molar-refractivity contribution is 5.50. The van der Waals surface area contributed by atoms with Gasteiger partial charge in [-0.25, -0.2) is 4.98 Å². The van der Waals surface area contributed by atoms with Gasteiger partial charge in [-0.15, -0.1) is 0 Å². The summed E-state index contributed by atoms with van der Waals surface area (Å²) in [5, 5.41) is 8.95. The molecule has 0 spiro atoms. The van der Waals surface area contributed by atoms with Crippen molar-refractivity contribution in [2.45, 2.75) is 13.8 Å². The first-order valence-electron chi connectivity index (χ1n) is 4.72. The molecule has 0 N–H and O–H groups in total. The quantitative estimate of drug-likeness (QED) is 0.704. The zero-order valence-electron chi connectivity index (χ0n) is 8.73. The Kier molecular flexibility index (Phi) is 2.26. The van der Waals surface area contributed by atoms with Crippen molar-refractivity contribution in [3.05, 3.63) is 47.5 Å². The Balaban J connectivity index is 2.59. The number of hydrogen-bond donors (Lipinski definition) is 0. The summed E-state index contributed by atoms with van der Waals surface area (Å²) < 4.78 is 1.93. The van der Waals surface area contributed by atoms with Crippen molar-refractivity contribution in [2.24, 2.45) is 0 Å². The zero-order chi connectivity index (χ0) is 10.8. The first kappa shape index (κ1) is 9.47. The molecule has 0 amide bonds. The monoisotopic (exact) mass is 197 g/mol. The van der Waals surface area contributed by atoms with Crippen LogP contribution in [-0.4, -0.2) is 9.55 Å². The molecule has 0 radical (unpaired) electrons. The number of benzene rings is 1. The molecule has 15 heavy (non-hydrogen) atoms. The predicted molar refractivity (Wildman–Crippen MR) is 57.8 cm³/mol. The second kappa shape index (κ2) is 3.58. The fourth-order valence-corrected chi connectivity index (χ4v) is 1.68. The fourth-order valence-electron chi connectivity index (χ4n) is 1.68. The molecule has 2 rings (SSSR count). The molecule has 0 aliphatic rings. The van der Waals surface area contributed by atoms with Crippen molar-refractivity contribution in [3.63, 3.8) is 0 Å². The standard InChI is InChI=1S/C12H11N3/c1-9-5-11(15-4-3-14-8-15)6-10(2)12(9)7-13/h3-6,8H,1-2H3. The minimum Gasteiger partial charge on any atom is -0.306 e. The van der Waals surface area contributed by atoms with Crippen molar-refractivity contribution >= 4 is 0 Å². The molecule has 0 unspecified atom stereocenters. The molecule has 0 saturated carbocycles. The Hall–Kier alpha value is -2.08. The van der Waals surface area contributed by atoms with Crippen LogP contribution in [0.5, 0.6) is 0 Å². The van der Waals surface area contributed by atoms with E-state index in [1.807, 2.05) is 36.7 Å². The number of hydrogen-bond acceptors (Lipinski definition) is 2. The molecule has 1 heterocycles. The third-order valence-corrected chi connectivity index (χ3v) is 2.43. The lowest BCUT2D eigenvalue weighted by atomic mass is 10.0. The molecule has 1 aromatic carbocycles. The zero-order valence-corrected chi connectivity index (χ0v) is 8.73. The van der Waals surface area contributed by atoms with E-state index in [-0.39, 0.29) is 0 Å². The number of imidazole rings is 1. The molecule has 2 aromatic rings. The summed E-state index contributed by atoms with van der Waals surface area (Å²) in [5.74, 6) is 0. The molecule has 3 heteroatoms. The lowest BCUT2D eigenvalue weighted by molar-refractivity contribution is 1.05. The van der Waals surface area contributed by atoms with Crippen LogP contribution in [0.15, 0.2) is 30.9 Å². The average Bonchev–Trinajstić information content (AvgIpc) is 2.69. The minimum atomic E-state index is 0.763. The molecular formula is C12H11N3. The highest BCUT2D eigenvalue weighted by atomic mass is 15.0. The van der Waals surface area contributed by atoms with Crippen LogP contribution in [0.25, 0.3) is 5.69 Å². The van der Waals surface area contributed by atoms with E-state index in [9.17, 15) is 0 Å². The van der Waals surface area contributed by atoms with Crippen molar-refractivity contribution in [1.82, 2.24) is 9.55 Å². The smallest absolute Gasteiger partial charge is 0.0997 e. The average molecular weight is 197 g/mol. The number of nitriles is 1. The third kappa shape index (κ3) is 1.62. The molecule has 0 fully saturated rings. The van der Waals surface area contributed by atoms with E-state index in [0.29, 0.717) is 0 Å². The Labute approximate surface area is 88.6 Å². The van der Waals surface area contributed by atoms with Crippen molar-refractivity contribution < 1.29 is 0 Å². The largest absolute Gasteiger partial charge is 0.306 e. The van der Waals surface area contributed by atoms with Crippen LogP contribution in [0.2, 0.25) is 0 Å². The van der Waals surface area contributed by atoms with Crippen molar-refractivity contribution in [3.8, 4) is 11.8 Å². The van der Waals surface area contributed by atoms with Crippen molar-refractivity contribution in [1.29, 1.82) is 5.26 Å². The second-order valence-electron chi connectivity index (χ2n) is 3.54. The van der Waals surface area contributed by atoms with Gasteiger partial charge in [-0.05, 0) is 37.1 Å². The summed E-state index contributed by atoms with van der Waals surface area (Å²) in [6, 6.07) is 6.20. The topological polar surface area (TPSA) is 41.6 Å². The molecular weight excluding hydrogens is 186 g/mol. The van der Waals surface area contributed by atoms with Crippen LogP contribution in [0.3, 0.4) is 0 Å². The summed E-state index contributed by atoms with van der Waals surface area (Å²) in [5.41, 5.74) is 3.81. The van der Waals surface area contributed by atoms with E-state index in [1.54, 1.807) is 12.5 Å². The van der Waals surface area contributed by atoms with E-state index < -0.39 is 0 Å². The predicted octanol–water partition coefficient (Wildman–Crippen LogP) is 2.36. The van der Waals surface area contributed by atoms with Crippen LogP contribution in [0.1, 0.15) is 16.7 Å². The van der Waals surface area contributed by atoms with Crippen molar-refractivity contribution in [2.75, 3.05) is 0 Å². The van der Waals surface area contributed by atoms with Gasteiger partial charge in [-0.3, -0.25) is 0 Å². The van der Waals surface area contributed by atoms with Gasteiger partial charge in [0.05, 0.1) is 18.0 Å².